The first-order chi connectivity index (χ1) is 14.0. The number of halogens is 1. The molecule has 0 saturated heterocycles. The second kappa shape index (κ2) is 10.4. The van der Waals surface area contributed by atoms with Crippen LogP contribution >= 0.6 is 0 Å². The van der Waals surface area contributed by atoms with E-state index >= 15 is 0 Å². The zero-order valence-corrected chi connectivity index (χ0v) is 18.5. The highest BCUT2D eigenvalue weighted by Crippen LogP contribution is 2.58. The van der Waals surface area contributed by atoms with Crippen LogP contribution in [0.3, 0.4) is 0 Å². The predicted molar refractivity (Wildman–Crippen MR) is 118 cm³/mol. The van der Waals surface area contributed by atoms with Crippen molar-refractivity contribution in [1.82, 2.24) is 0 Å². The van der Waals surface area contributed by atoms with Crippen LogP contribution in [0.2, 0.25) is 0 Å². The molecule has 3 saturated carbocycles. The molecule has 0 aliphatic heterocycles. The molecule has 3 aliphatic carbocycles. The minimum absolute atomic E-state index is 0.309. The van der Waals surface area contributed by atoms with Crippen LogP contribution in [0.1, 0.15) is 90.9 Å². The maximum absolute atomic E-state index is 13.3. The number of aliphatic hydroxyl groups excluding tert-OH is 2. The Morgan fingerprint density at radius 3 is 2.72 bits per heavy atom. The standard InChI is InChI=1S/C26H41FO2/c1-19(18-28)7-3-4-10-22-14-15-24-21(9-6-16-26(22,24)2)13-12-20-8-5-11-25(29)23(20)17-27/h12-13,17,19,22,24-25,28-29H,3-11,14-16,18H2,1-2H3/b20-12-,21-13+,23-17-. The first-order valence-corrected chi connectivity index (χ1v) is 12.0. The van der Waals surface area contributed by atoms with Gasteiger partial charge >= 0.3 is 0 Å². The molecule has 3 heteroatoms. The number of hydrogen-bond donors (Lipinski definition) is 2. The molecule has 0 amide bonds. The lowest BCUT2D eigenvalue weighted by molar-refractivity contribution is 0.126. The second-order valence-corrected chi connectivity index (χ2v) is 10.2. The second-order valence-electron chi connectivity index (χ2n) is 10.2. The van der Waals surface area contributed by atoms with Crippen molar-refractivity contribution in [2.24, 2.45) is 23.2 Å². The van der Waals surface area contributed by atoms with E-state index in [0.717, 1.165) is 30.8 Å². The molecule has 2 N–H and O–H groups in total. The topological polar surface area (TPSA) is 40.5 Å². The van der Waals surface area contributed by atoms with Crippen LogP contribution in [-0.2, 0) is 0 Å². The van der Waals surface area contributed by atoms with Gasteiger partial charge in [-0.1, -0.05) is 44.4 Å². The molecule has 2 nitrogen and oxygen atoms in total. The summed E-state index contributed by atoms with van der Waals surface area (Å²) < 4.78 is 13.3. The minimum Gasteiger partial charge on any atom is -0.396 e. The van der Waals surface area contributed by atoms with E-state index in [1.165, 1.54) is 51.4 Å². The van der Waals surface area contributed by atoms with Gasteiger partial charge in [0.05, 0.1) is 12.4 Å². The molecule has 3 fully saturated rings. The lowest BCUT2D eigenvalue weighted by Gasteiger charge is -2.42. The Morgan fingerprint density at radius 1 is 1.14 bits per heavy atom. The molecule has 0 radical (unpaired) electrons. The maximum Gasteiger partial charge on any atom is 0.0927 e. The summed E-state index contributed by atoms with van der Waals surface area (Å²) in [6.07, 6.45) is 18.2. The number of hydrogen-bond acceptors (Lipinski definition) is 2. The van der Waals surface area contributed by atoms with Crippen LogP contribution in [0.15, 0.2) is 35.2 Å². The van der Waals surface area contributed by atoms with Crippen LogP contribution in [0.5, 0.6) is 0 Å². The molecular formula is C26H41FO2. The first kappa shape index (κ1) is 22.7. The number of allylic oxidation sites excluding steroid dienone is 3. The van der Waals surface area contributed by atoms with Crippen LogP contribution in [0, 0.1) is 23.2 Å². The van der Waals surface area contributed by atoms with E-state index in [9.17, 15) is 14.6 Å². The molecule has 3 rings (SSSR count). The van der Waals surface area contributed by atoms with E-state index in [-0.39, 0.29) is 0 Å². The Balaban J connectivity index is 1.65. The van der Waals surface area contributed by atoms with Crippen LogP contribution < -0.4 is 0 Å². The van der Waals surface area contributed by atoms with Crippen LogP contribution in [0.4, 0.5) is 4.39 Å². The van der Waals surface area contributed by atoms with Gasteiger partial charge in [-0.15, -0.1) is 0 Å². The van der Waals surface area contributed by atoms with E-state index in [4.69, 9.17) is 0 Å². The Bertz CT molecular complexity index is 635. The Labute approximate surface area is 177 Å². The van der Waals surface area contributed by atoms with Gasteiger partial charge in [-0.25, -0.2) is 4.39 Å². The van der Waals surface area contributed by atoms with Crippen LogP contribution in [0.25, 0.3) is 0 Å². The summed E-state index contributed by atoms with van der Waals surface area (Å²) in [5, 5.41) is 19.3. The van der Waals surface area contributed by atoms with Gasteiger partial charge in [0.25, 0.3) is 0 Å². The van der Waals surface area contributed by atoms with Crippen molar-refractivity contribution < 1.29 is 14.6 Å². The lowest BCUT2D eigenvalue weighted by atomic mass is 9.62. The molecule has 0 aromatic rings. The molecule has 0 spiro atoms. The number of aliphatic hydroxyl groups is 2. The van der Waals surface area contributed by atoms with Crippen molar-refractivity contribution in [3.63, 3.8) is 0 Å². The fraction of sp³-hybridized carbons (Fsp3) is 0.769. The number of fused-ring (bicyclic) bond motifs is 1. The SMILES string of the molecule is CC(CO)CCCCC1CCC2/C(=C/C=C3/CCCC(O)/C3=C\F)CCCC12C. The average molecular weight is 405 g/mol. The molecule has 0 aromatic carbocycles. The van der Waals surface area contributed by atoms with Gasteiger partial charge in [0.15, 0.2) is 0 Å². The van der Waals surface area contributed by atoms with Gasteiger partial charge in [0.1, 0.15) is 0 Å². The summed E-state index contributed by atoms with van der Waals surface area (Å²) in [6, 6.07) is 0. The van der Waals surface area contributed by atoms with Crippen molar-refractivity contribution >= 4 is 0 Å². The molecular weight excluding hydrogens is 363 g/mol. The predicted octanol–water partition coefficient (Wildman–Crippen LogP) is 6.64. The maximum atomic E-state index is 13.3. The van der Waals surface area contributed by atoms with Gasteiger partial charge in [0.2, 0.25) is 0 Å². The van der Waals surface area contributed by atoms with Gasteiger partial charge < -0.3 is 10.2 Å². The van der Waals surface area contributed by atoms with Crippen molar-refractivity contribution in [3.8, 4) is 0 Å². The van der Waals surface area contributed by atoms with Crippen molar-refractivity contribution in [2.75, 3.05) is 6.61 Å². The summed E-state index contributed by atoms with van der Waals surface area (Å²) >= 11 is 0. The third kappa shape index (κ3) is 5.22. The summed E-state index contributed by atoms with van der Waals surface area (Å²) in [5.41, 5.74) is 3.45. The molecule has 164 valence electrons. The highest BCUT2D eigenvalue weighted by atomic mass is 19.1. The van der Waals surface area contributed by atoms with Crippen molar-refractivity contribution in [2.45, 2.75) is 97.0 Å². The minimum atomic E-state index is -0.639. The third-order valence-electron chi connectivity index (χ3n) is 8.24. The first-order valence-electron chi connectivity index (χ1n) is 12.0. The zero-order chi connectivity index (χ0) is 20.9. The highest BCUT2D eigenvalue weighted by molar-refractivity contribution is 5.38. The van der Waals surface area contributed by atoms with E-state index in [0.29, 0.717) is 42.2 Å². The van der Waals surface area contributed by atoms with E-state index in [1.54, 1.807) is 5.57 Å². The largest absolute Gasteiger partial charge is 0.396 e. The molecule has 0 bridgehead atoms. The lowest BCUT2D eigenvalue weighted by Crippen LogP contribution is -2.33. The van der Waals surface area contributed by atoms with Gasteiger partial charge in [-0.05, 0) is 93.0 Å². The molecule has 5 unspecified atom stereocenters. The van der Waals surface area contributed by atoms with Crippen molar-refractivity contribution in [1.29, 1.82) is 0 Å². The molecule has 0 heterocycles. The third-order valence-corrected chi connectivity index (χ3v) is 8.24. The monoisotopic (exact) mass is 404 g/mol. The quantitative estimate of drug-likeness (QED) is 0.467. The molecule has 29 heavy (non-hydrogen) atoms. The zero-order valence-electron chi connectivity index (χ0n) is 18.5. The number of rotatable bonds is 7. The Kier molecular flexibility index (Phi) is 8.15. The van der Waals surface area contributed by atoms with Gasteiger partial charge in [-0.2, -0.15) is 0 Å². The van der Waals surface area contributed by atoms with Gasteiger partial charge in [0, 0.05) is 12.2 Å². The average Bonchev–Trinajstić information content (AvgIpc) is 3.06. The van der Waals surface area contributed by atoms with E-state index < -0.39 is 6.10 Å². The Morgan fingerprint density at radius 2 is 1.97 bits per heavy atom. The fourth-order valence-corrected chi connectivity index (χ4v) is 6.32. The van der Waals surface area contributed by atoms with Crippen LogP contribution in [-0.4, -0.2) is 22.9 Å². The van der Waals surface area contributed by atoms with E-state index in [1.807, 2.05) is 0 Å². The van der Waals surface area contributed by atoms with Crippen molar-refractivity contribution in [3.05, 3.63) is 35.2 Å². The summed E-state index contributed by atoms with van der Waals surface area (Å²) in [5.74, 6) is 1.91. The summed E-state index contributed by atoms with van der Waals surface area (Å²) in [7, 11) is 0. The van der Waals surface area contributed by atoms with Gasteiger partial charge in [-0.3, -0.25) is 0 Å². The number of unbranched alkanes of at least 4 members (excludes halogenated alkanes) is 1. The Hall–Kier alpha value is -0.930. The fourth-order valence-electron chi connectivity index (χ4n) is 6.32. The molecule has 5 atom stereocenters. The van der Waals surface area contributed by atoms with E-state index in [2.05, 4.69) is 26.0 Å². The molecule has 0 aromatic heterocycles. The summed E-state index contributed by atoms with van der Waals surface area (Å²) in [4.78, 5) is 0. The molecule has 3 aliphatic rings. The normalized spacial score (nSPS) is 38.0. The highest BCUT2D eigenvalue weighted by Gasteiger charge is 2.48. The summed E-state index contributed by atoms with van der Waals surface area (Å²) in [6.45, 7) is 4.96. The smallest absolute Gasteiger partial charge is 0.0927 e.